The number of halogens is 3. The van der Waals surface area contributed by atoms with Crippen LogP contribution in [-0.2, 0) is 17.9 Å². The van der Waals surface area contributed by atoms with Crippen molar-refractivity contribution in [2.75, 3.05) is 20.1 Å². The summed E-state index contributed by atoms with van der Waals surface area (Å²) in [7, 11) is 1.89. The van der Waals surface area contributed by atoms with Crippen LogP contribution in [0.5, 0.6) is 5.75 Å². The van der Waals surface area contributed by atoms with Crippen LogP contribution in [0.25, 0.3) is 0 Å². The number of aryl methyl sites for hydroxylation is 1. The maximum absolute atomic E-state index is 12.4. The van der Waals surface area contributed by atoms with Gasteiger partial charge in [0.15, 0.2) is 5.69 Å². The van der Waals surface area contributed by atoms with E-state index < -0.39 is 12.3 Å². The van der Waals surface area contributed by atoms with Crippen LogP contribution in [-0.4, -0.2) is 63.4 Å². The van der Waals surface area contributed by atoms with Gasteiger partial charge in [-0.1, -0.05) is 31.2 Å². The van der Waals surface area contributed by atoms with E-state index in [1.165, 1.54) is 24.4 Å². The molecule has 14 heteroatoms. The second-order valence-corrected chi connectivity index (χ2v) is 9.28. The summed E-state index contributed by atoms with van der Waals surface area (Å²) in [5, 5.41) is 17.2. The van der Waals surface area contributed by atoms with Gasteiger partial charge in [0.1, 0.15) is 5.75 Å². The van der Waals surface area contributed by atoms with Gasteiger partial charge in [0, 0.05) is 39.3 Å². The van der Waals surface area contributed by atoms with Crippen molar-refractivity contribution in [1.82, 2.24) is 41.2 Å². The predicted octanol–water partition coefficient (Wildman–Crippen LogP) is 2.56. The third kappa shape index (κ3) is 9.57. The summed E-state index contributed by atoms with van der Waals surface area (Å²) in [5.41, 5.74) is 4.66. The molecule has 2 amide bonds. The van der Waals surface area contributed by atoms with Gasteiger partial charge in [0.2, 0.25) is 5.91 Å². The lowest BCUT2D eigenvalue weighted by atomic mass is 10.1. The van der Waals surface area contributed by atoms with Gasteiger partial charge in [-0.05, 0) is 36.5 Å². The second-order valence-electron chi connectivity index (χ2n) is 9.28. The number of benzene rings is 1. The van der Waals surface area contributed by atoms with Crippen LogP contribution in [0.4, 0.5) is 13.2 Å². The summed E-state index contributed by atoms with van der Waals surface area (Å²) in [6.07, 6.45) is 0.821. The largest absolute Gasteiger partial charge is 0.573 e. The molecule has 0 bridgehead atoms. The molecule has 0 atom stereocenters. The third-order valence-corrected chi connectivity index (χ3v) is 5.45. The van der Waals surface area contributed by atoms with E-state index in [9.17, 15) is 22.8 Å². The van der Waals surface area contributed by atoms with Gasteiger partial charge >= 0.3 is 6.36 Å². The summed E-state index contributed by atoms with van der Waals surface area (Å²) < 4.78 is 42.6. The maximum Gasteiger partial charge on any atom is 0.573 e. The summed E-state index contributed by atoms with van der Waals surface area (Å²) in [5.74, 6) is -0.509. The van der Waals surface area contributed by atoms with Crippen LogP contribution in [0.3, 0.4) is 0 Å². The lowest BCUT2D eigenvalue weighted by molar-refractivity contribution is -0.274. The van der Waals surface area contributed by atoms with Gasteiger partial charge in [-0.25, -0.2) is 0 Å². The SMILES string of the molecule is CC(C)CC(=O)NCC1=CN(CCCCn2cc(C(=O)NCc3cccc(OC(F)(F)F)c3)nn2)N(C)N1. The van der Waals surface area contributed by atoms with E-state index in [1.54, 1.807) is 10.7 Å². The molecule has 0 aliphatic carbocycles. The number of aromatic nitrogens is 3. The Balaban J connectivity index is 1.38. The molecule has 0 fully saturated rings. The van der Waals surface area contributed by atoms with Crippen LogP contribution in [0.2, 0.25) is 0 Å². The molecule has 2 heterocycles. The number of carbonyl (C=O) groups excluding carboxylic acids is 2. The lowest BCUT2D eigenvalue weighted by Gasteiger charge is -2.24. The molecule has 1 aromatic carbocycles. The van der Waals surface area contributed by atoms with Gasteiger partial charge in [-0.2, -0.15) is 0 Å². The quantitative estimate of drug-likeness (QED) is 0.333. The Morgan fingerprint density at radius 1 is 1.13 bits per heavy atom. The first-order valence-corrected chi connectivity index (χ1v) is 12.3. The zero-order chi connectivity index (χ0) is 27.7. The van der Waals surface area contributed by atoms with E-state index >= 15 is 0 Å². The Labute approximate surface area is 218 Å². The molecule has 2 aromatic rings. The summed E-state index contributed by atoms with van der Waals surface area (Å²) >= 11 is 0. The number of ether oxygens (including phenoxy) is 1. The van der Waals surface area contributed by atoms with Gasteiger partial charge < -0.3 is 20.8 Å². The first-order valence-electron chi connectivity index (χ1n) is 12.3. The number of carbonyl (C=O) groups is 2. The molecule has 38 heavy (non-hydrogen) atoms. The molecule has 1 aliphatic rings. The third-order valence-electron chi connectivity index (χ3n) is 5.45. The van der Waals surface area contributed by atoms with E-state index in [0.29, 0.717) is 31.0 Å². The lowest BCUT2D eigenvalue weighted by Crippen LogP contribution is -2.40. The number of hydrazine groups is 2. The highest BCUT2D eigenvalue weighted by molar-refractivity contribution is 5.91. The number of unbranched alkanes of at least 4 members (excludes halogenated alkanes) is 1. The minimum atomic E-state index is -4.78. The number of hydrogen-bond donors (Lipinski definition) is 3. The highest BCUT2D eigenvalue weighted by atomic mass is 19.4. The zero-order valence-corrected chi connectivity index (χ0v) is 21.6. The number of rotatable bonds is 13. The second kappa shape index (κ2) is 13.1. The molecule has 0 unspecified atom stereocenters. The van der Waals surface area contributed by atoms with Crippen molar-refractivity contribution < 1.29 is 27.5 Å². The molecule has 1 aliphatic heterocycles. The van der Waals surface area contributed by atoms with Crippen molar-refractivity contribution in [3.05, 3.63) is 53.6 Å². The van der Waals surface area contributed by atoms with Crippen LogP contribution in [0.1, 0.15) is 49.2 Å². The normalized spacial score (nSPS) is 13.9. The fraction of sp³-hybridized carbons (Fsp3) is 0.500. The van der Waals surface area contributed by atoms with Crippen molar-refractivity contribution in [3.8, 4) is 5.75 Å². The van der Waals surface area contributed by atoms with Crippen molar-refractivity contribution in [3.63, 3.8) is 0 Å². The fourth-order valence-corrected chi connectivity index (χ4v) is 3.69. The molecule has 1 aromatic heterocycles. The molecule has 0 saturated heterocycles. The monoisotopic (exact) mass is 538 g/mol. The minimum Gasteiger partial charge on any atom is -0.406 e. The Morgan fingerprint density at radius 3 is 2.63 bits per heavy atom. The number of nitrogens with one attached hydrogen (secondary N) is 3. The van der Waals surface area contributed by atoms with E-state index in [-0.39, 0.29) is 23.9 Å². The highest BCUT2D eigenvalue weighted by Gasteiger charge is 2.31. The molecule has 0 radical (unpaired) electrons. The van der Waals surface area contributed by atoms with Crippen LogP contribution >= 0.6 is 0 Å². The molecule has 208 valence electrons. The van der Waals surface area contributed by atoms with Crippen LogP contribution < -0.4 is 20.8 Å². The standard InChI is InChI=1S/C24H33F3N8O3/c1-17(2)11-22(36)28-14-19-15-35(33(3)31-19)10-5-4-9-34-16-21(30-32-34)23(37)29-13-18-7-6-8-20(12-18)38-24(25,26)27/h6-8,12,15-17,31H,4-5,9-11,13-14H2,1-3H3,(H,28,36)(H,29,37). The first-order chi connectivity index (χ1) is 18.0. The van der Waals surface area contributed by atoms with Crippen molar-refractivity contribution in [2.24, 2.45) is 5.92 Å². The Morgan fingerprint density at radius 2 is 1.89 bits per heavy atom. The van der Waals surface area contributed by atoms with Crippen LogP contribution in [0, 0.1) is 5.92 Å². The van der Waals surface area contributed by atoms with Gasteiger partial charge in [-0.3, -0.25) is 19.3 Å². The Hall–Kier alpha value is -3.81. The number of alkyl halides is 3. The Bertz CT molecular complexity index is 1120. The molecule has 0 saturated carbocycles. The predicted molar refractivity (Wildman–Crippen MR) is 132 cm³/mol. The summed E-state index contributed by atoms with van der Waals surface area (Å²) in [6.45, 7) is 5.75. The van der Waals surface area contributed by atoms with Crippen molar-refractivity contribution >= 4 is 11.8 Å². The van der Waals surface area contributed by atoms with E-state index in [0.717, 1.165) is 25.1 Å². The van der Waals surface area contributed by atoms with E-state index in [4.69, 9.17) is 0 Å². The minimum absolute atomic E-state index is 0.00898. The van der Waals surface area contributed by atoms with Gasteiger partial charge in [-0.15, -0.1) is 23.4 Å². The van der Waals surface area contributed by atoms with Gasteiger partial charge in [0.25, 0.3) is 5.91 Å². The zero-order valence-electron chi connectivity index (χ0n) is 21.6. The molecular formula is C24H33F3N8O3. The van der Waals surface area contributed by atoms with E-state index in [2.05, 4.69) is 31.1 Å². The molecule has 11 nitrogen and oxygen atoms in total. The smallest absolute Gasteiger partial charge is 0.406 e. The topological polar surface area (TPSA) is 117 Å². The average molecular weight is 539 g/mol. The molecule has 3 N–H and O–H groups in total. The molecule has 3 rings (SSSR count). The Kier molecular flexibility index (Phi) is 9.93. The number of amides is 2. The fourth-order valence-electron chi connectivity index (χ4n) is 3.69. The molecular weight excluding hydrogens is 505 g/mol. The van der Waals surface area contributed by atoms with Crippen molar-refractivity contribution in [2.45, 2.75) is 52.6 Å². The summed E-state index contributed by atoms with van der Waals surface area (Å²) in [4.78, 5) is 24.2. The van der Waals surface area contributed by atoms with E-state index in [1.807, 2.05) is 37.2 Å². The average Bonchev–Trinajstić information content (AvgIpc) is 3.44. The number of nitrogens with zero attached hydrogens (tertiary/aromatic N) is 5. The number of hydrogen-bond acceptors (Lipinski definition) is 8. The molecule has 0 spiro atoms. The first kappa shape index (κ1) is 28.8. The highest BCUT2D eigenvalue weighted by Crippen LogP contribution is 2.23. The maximum atomic E-state index is 12.4. The van der Waals surface area contributed by atoms with Gasteiger partial charge in [0.05, 0.1) is 18.4 Å². The van der Waals surface area contributed by atoms with Crippen molar-refractivity contribution in [1.29, 1.82) is 0 Å². The van der Waals surface area contributed by atoms with Crippen LogP contribution in [0.15, 0.2) is 42.4 Å². The summed E-state index contributed by atoms with van der Waals surface area (Å²) in [6, 6.07) is 5.39.